The molecule has 3 aromatic carbocycles. The van der Waals surface area contributed by atoms with Gasteiger partial charge in [0.1, 0.15) is 17.2 Å². The van der Waals surface area contributed by atoms with Gasteiger partial charge in [0.25, 0.3) is 11.8 Å². The van der Waals surface area contributed by atoms with E-state index in [1.165, 1.54) is 12.1 Å². The third kappa shape index (κ3) is 4.05. The fourth-order valence-electron chi connectivity index (χ4n) is 4.33. The molecule has 4 aromatic rings. The number of nitrogens with zero attached hydrogens (tertiary/aromatic N) is 1. The monoisotopic (exact) mass is 521 g/mol. The van der Waals surface area contributed by atoms with E-state index in [4.69, 9.17) is 11.6 Å². The first-order chi connectivity index (χ1) is 16.9. The number of nitrogens with one attached hydrogen (secondary N) is 3. The number of alkyl halides is 3. The van der Waals surface area contributed by atoms with Crippen molar-refractivity contribution in [1.82, 2.24) is 10.4 Å². The normalized spacial score (nSPS) is 15.2. The topological polar surface area (TPSA) is 77.9 Å². The summed E-state index contributed by atoms with van der Waals surface area (Å²) < 4.78 is 69.0. The van der Waals surface area contributed by atoms with E-state index < -0.39 is 46.8 Å². The Balaban J connectivity index is 1.67. The van der Waals surface area contributed by atoms with Gasteiger partial charge in [-0.2, -0.15) is 18.3 Å². The summed E-state index contributed by atoms with van der Waals surface area (Å²) in [5, 5.41) is 8.81. The molecule has 0 aliphatic carbocycles. The number of fused-ring (bicyclic) bond motifs is 3. The Morgan fingerprint density at radius 3 is 2.56 bits per heavy atom. The predicted octanol–water partition coefficient (Wildman–Crippen LogP) is 5.03. The SMILES string of the molecule is C[n+]1cc2c3c(c(NC(=O)c4cc(F)cc(C(F)(F)F)c4)cc2[nH]1)C(c1cc(F)ccc1Cl)NC3=O. The van der Waals surface area contributed by atoms with E-state index >= 15 is 0 Å². The number of hydrogen-bond acceptors (Lipinski definition) is 2. The van der Waals surface area contributed by atoms with Crippen molar-refractivity contribution in [3.8, 4) is 0 Å². The summed E-state index contributed by atoms with van der Waals surface area (Å²) in [6.07, 6.45) is -3.23. The minimum absolute atomic E-state index is 0.0476. The van der Waals surface area contributed by atoms with Gasteiger partial charge in [-0.05, 0) is 42.5 Å². The van der Waals surface area contributed by atoms with Crippen LogP contribution >= 0.6 is 11.6 Å². The molecule has 6 nitrogen and oxygen atoms in total. The van der Waals surface area contributed by atoms with Crippen LogP contribution < -0.4 is 15.3 Å². The molecule has 5 rings (SSSR count). The lowest BCUT2D eigenvalue weighted by Gasteiger charge is -2.18. The van der Waals surface area contributed by atoms with Crippen LogP contribution in [0.5, 0.6) is 0 Å². The molecule has 2 heterocycles. The average molecular weight is 522 g/mol. The molecule has 0 spiro atoms. The van der Waals surface area contributed by atoms with E-state index in [1.807, 2.05) is 0 Å². The molecule has 1 aromatic heterocycles. The van der Waals surface area contributed by atoms with Crippen molar-refractivity contribution in [2.75, 3.05) is 5.32 Å². The Hall–Kier alpha value is -3.99. The van der Waals surface area contributed by atoms with Gasteiger partial charge in [-0.1, -0.05) is 11.6 Å². The quantitative estimate of drug-likeness (QED) is 0.261. The third-order valence-corrected chi connectivity index (χ3v) is 6.17. The number of H-pyrrole nitrogens is 1. The lowest BCUT2D eigenvalue weighted by Crippen LogP contribution is -2.28. The molecule has 0 saturated heterocycles. The number of rotatable bonds is 3. The molecule has 36 heavy (non-hydrogen) atoms. The van der Waals surface area contributed by atoms with Crippen molar-refractivity contribution in [3.63, 3.8) is 0 Å². The molecular weight excluding hydrogens is 507 g/mol. The number of aromatic amines is 1. The van der Waals surface area contributed by atoms with E-state index in [2.05, 4.69) is 15.7 Å². The Morgan fingerprint density at radius 1 is 1.08 bits per heavy atom. The molecule has 2 amide bonds. The Kier molecular flexibility index (Phi) is 5.47. The zero-order valence-electron chi connectivity index (χ0n) is 18.2. The molecule has 12 heteroatoms. The highest BCUT2D eigenvalue weighted by Crippen LogP contribution is 2.42. The maximum atomic E-state index is 14.1. The van der Waals surface area contributed by atoms with Gasteiger partial charge >= 0.3 is 6.18 Å². The fraction of sp³-hybridized carbons (Fsp3) is 0.125. The minimum Gasteiger partial charge on any atom is -0.341 e. The zero-order chi connectivity index (χ0) is 25.9. The number of aryl methyl sites for hydroxylation is 1. The standard InChI is InChI=1S/C24H14ClF5N4O2/c1-34-9-15-17(33-34)8-18(31-22(35)10-4-11(24(28,29)30)6-13(27)5-10)20-19(15)23(36)32-21(20)14-7-12(26)2-3-16(14)25/h2-9,21H,1H3,(H2,31,32,33,35,36)/p+1. The highest BCUT2D eigenvalue weighted by Gasteiger charge is 2.38. The molecule has 0 bridgehead atoms. The molecule has 184 valence electrons. The summed E-state index contributed by atoms with van der Waals surface area (Å²) >= 11 is 6.28. The molecule has 0 fully saturated rings. The van der Waals surface area contributed by atoms with E-state index in [9.17, 15) is 31.5 Å². The van der Waals surface area contributed by atoms with Crippen molar-refractivity contribution in [2.45, 2.75) is 12.2 Å². The summed E-state index contributed by atoms with van der Waals surface area (Å²) in [7, 11) is 1.67. The summed E-state index contributed by atoms with van der Waals surface area (Å²) in [6, 6.07) is 5.57. The van der Waals surface area contributed by atoms with Gasteiger partial charge in [-0.25, -0.2) is 8.78 Å². The molecule has 3 N–H and O–H groups in total. The second-order valence-electron chi connectivity index (χ2n) is 8.28. The Morgan fingerprint density at radius 2 is 1.83 bits per heavy atom. The van der Waals surface area contributed by atoms with Gasteiger partial charge in [0.2, 0.25) is 6.20 Å². The van der Waals surface area contributed by atoms with Gasteiger partial charge in [0, 0.05) is 27.4 Å². The van der Waals surface area contributed by atoms with Gasteiger partial charge < -0.3 is 10.6 Å². The van der Waals surface area contributed by atoms with Crippen molar-refractivity contribution in [3.05, 3.63) is 93.1 Å². The molecule has 0 saturated carbocycles. The smallest absolute Gasteiger partial charge is 0.341 e. The van der Waals surface area contributed by atoms with Crippen LogP contribution in [0, 0.1) is 11.6 Å². The molecule has 1 unspecified atom stereocenters. The maximum absolute atomic E-state index is 14.1. The summed E-state index contributed by atoms with van der Waals surface area (Å²) in [5.74, 6) is -3.42. The maximum Gasteiger partial charge on any atom is 0.416 e. The lowest BCUT2D eigenvalue weighted by atomic mass is 9.94. The van der Waals surface area contributed by atoms with Crippen molar-refractivity contribution in [2.24, 2.45) is 7.05 Å². The van der Waals surface area contributed by atoms with Gasteiger partial charge in [-0.3, -0.25) is 9.59 Å². The van der Waals surface area contributed by atoms with E-state index in [-0.39, 0.29) is 33.5 Å². The van der Waals surface area contributed by atoms with Crippen molar-refractivity contribution in [1.29, 1.82) is 0 Å². The summed E-state index contributed by atoms with van der Waals surface area (Å²) in [4.78, 5) is 26.0. The molecule has 1 atom stereocenters. The lowest BCUT2D eigenvalue weighted by molar-refractivity contribution is -0.724. The summed E-state index contributed by atoms with van der Waals surface area (Å²) in [5.41, 5.74) is -0.810. The van der Waals surface area contributed by atoms with E-state index in [0.717, 1.165) is 12.1 Å². The van der Waals surface area contributed by atoms with Gasteiger partial charge in [0.05, 0.1) is 22.6 Å². The van der Waals surface area contributed by atoms with E-state index in [0.29, 0.717) is 23.0 Å². The van der Waals surface area contributed by atoms with Crippen LogP contribution in [0.15, 0.2) is 48.7 Å². The summed E-state index contributed by atoms with van der Waals surface area (Å²) in [6.45, 7) is 0. The van der Waals surface area contributed by atoms with Crippen LogP contribution in [0.2, 0.25) is 5.02 Å². The number of anilines is 1. The second-order valence-corrected chi connectivity index (χ2v) is 8.69. The Labute approximate surface area is 204 Å². The number of carbonyl (C=O) groups is 2. The average Bonchev–Trinajstić information content (AvgIpc) is 3.33. The number of aromatic nitrogens is 2. The molecule has 1 aliphatic rings. The van der Waals surface area contributed by atoms with Gasteiger partial charge in [-0.15, -0.1) is 4.68 Å². The molecular formula is C24H15ClF5N4O2+. The second kappa shape index (κ2) is 8.30. The first-order valence-electron chi connectivity index (χ1n) is 10.4. The Bertz CT molecular complexity index is 1580. The number of benzene rings is 3. The molecule has 0 radical (unpaired) electrons. The van der Waals surface area contributed by atoms with Crippen molar-refractivity contribution >= 4 is 40.0 Å². The highest BCUT2D eigenvalue weighted by molar-refractivity contribution is 6.31. The first-order valence-corrected chi connectivity index (χ1v) is 10.8. The van der Waals surface area contributed by atoms with Crippen molar-refractivity contribution < 1.29 is 36.2 Å². The fourth-order valence-corrected chi connectivity index (χ4v) is 4.55. The third-order valence-electron chi connectivity index (χ3n) is 5.82. The number of halogens is 6. The van der Waals surface area contributed by atoms with E-state index in [1.54, 1.807) is 17.9 Å². The highest BCUT2D eigenvalue weighted by atomic mass is 35.5. The number of amides is 2. The van der Waals surface area contributed by atoms with Crippen LogP contribution in [0.1, 0.15) is 43.4 Å². The first kappa shape index (κ1) is 23.7. The van der Waals surface area contributed by atoms with Gasteiger partial charge in [0.15, 0.2) is 7.05 Å². The number of hydrogen-bond donors (Lipinski definition) is 3. The van der Waals surface area contributed by atoms with Crippen LogP contribution in [0.25, 0.3) is 10.9 Å². The zero-order valence-corrected chi connectivity index (χ0v) is 19.0. The van der Waals surface area contributed by atoms with Crippen LogP contribution in [0.4, 0.5) is 27.6 Å². The van der Waals surface area contributed by atoms with Crippen LogP contribution in [0.3, 0.4) is 0 Å². The molecule has 1 aliphatic heterocycles. The predicted molar refractivity (Wildman–Crippen MR) is 120 cm³/mol. The largest absolute Gasteiger partial charge is 0.416 e. The minimum atomic E-state index is -4.87. The van der Waals surface area contributed by atoms with Crippen LogP contribution in [-0.2, 0) is 13.2 Å². The van der Waals surface area contributed by atoms with Crippen LogP contribution in [-0.4, -0.2) is 16.9 Å². The number of carbonyl (C=O) groups excluding carboxylic acids is 2.